The highest BCUT2D eigenvalue weighted by Crippen LogP contribution is 2.17. The summed E-state index contributed by atoms with van der Waals surface area (Å²) in [5.74, 6) is 0.102. The molecule has 2 aromatic rings. The summed E-state index contributed by atoms with van der Waals surface area (Å²) in [7, 11) is 0. The largest absolute Gasteiger partial charge is 0.384 e. The van der Waals surface area contributed by atoms with Crippen molar-refractivity contribution in [3.8, 4) is 6.07 Å². The van der Waals surface area contributed by atoms with E-state index in [2.05, 4.69) is 11.1 Å². The van der Waals surface area contributed by atoms with Crippen molar-refractivity contribution in [2.24, 2.45) is 0 Å². The van der Waals surface area contributed by atoms with Gasteiger partial charge < -0.3 is 10.6 Å². The first-order valence-corrected chi connectivity index (χ1v) is 6.18. The minimum absolute atomic E-state index is 0.194. The van der Waals surface area contributed by atoms with E-state index in [1.807, 2.05) is 30.3 Å². The van der Waals surface area contributed by atoms with E-state index in [4.69, 9.17) is 11.0 Å². The van der Waals surface area contributed by atoms with E-state index in [1.54, 1.807) is 11.0 Å². The fraction of sp³-hybridized carbons (Fsp3) is 0.133. The van der Waals surface area contributed by atoms with Crippen molar-refractivity contribution in [3.63, 3.8) is 0 Å². The fourth-order valence-electron chi connectivity index (χ4n) is 1.85. The molecule has 0 spiro atoms. The first-order valence-electron chi connectivity index (χ1n) is 6.18. The van der Waals surface area contributed by atoms with Gasteiger partial charge in [0.05, 0.1) is 12.5 Å². The summed E-state index contributed by atoms with van der Waals surface area (Å²) in [5, 5.41) is 8.74. The van der Waals surface area contributed by atoms with Gasteiger partial charge in [0.15, 0.2) is 0 Å². The number of anilines is 2. The molecule has 5 heteroatoms. The van der Waals surface area contributed by atoms with Gasteiger partial charge >= 0.3 is 0 Å². The van der Waals surface area contributed by atoms with Gasteiger partial charge in [-0.2, -0.15) is 5.26 Å². The van der Waals surface area contributed by atoms with E-state index in [-0.39, 0.29) is 12.3 Å². The van der Waals surface area contributed by atoms with E-state index in [9.17, 15) is 4.79 Å². The number of rotatable bonds is 4. The quantitative estimate of drug-likeness (QED) is 0.919. The summed E-state index contributed by atoms with van der Waals surface area (Å²) in [5.41, 5.74) is 6.81. The maximum absolute atomic E-state index is 12.5. The molecule has 2 N–H and O–H groups in total. The van der Waals surface area contributed by atoms with Crippen LogP contribution < -0.4 is 10.6 Å². The second-order valence-electron chi connectivity index (χ2n) is 4.17. The van der Waals surface area contributed by atoms with Crippen molar-refractivity contribution in [2.75, 3.05) is 17.2 Å². The van der Waals surface area contributed by atoms with E-state index in [0.29, 0.717) is 17.9 Å². The van der Waals surface area contributed by atoms with Crippen LogP contribution in [0, 0.1) is 11.3 Å². The molecule has 0 radical (unpaired) electrons. The van der Waals surface area contributed by atoms with E-state index < -0.39 is 0 Å². The number of nitrogens with two attached hydrogens (primary N) is 1. The van der Waals surface area contributed by atoms with Gasteiger partial charge in [-0.1, -0.05) is 18.2 Å². The molecular weight excluding hydrogens is 252 g/mol. The van der Waals surface area contributed by atoms with Crippen LogP contribution >= 0.6 is 0 Å². The Balaban J connectivity index is 2.32. The van der Waals surface area contributed by atoms with Crippen LogP contribution in [-0.2, 0) is 0 Å². The normalized spacial score (nSPS) is 9.75. The number of nitrogens with zero attached hydrogens (tertiary/aromatic N) is 3. The molecule has 0 aliphatic heterocycles. The highest BCUT2D eigenvalue weighted by Gasteiger charge is 2.17. The molecule has 0 atom stereocenters. The fourth-order valence-corrected chi connectivity index (χ4v) is 1.85. The van der Waals surface area contributed by atoms with Gasteiger partial charge in [0.25, 0.3) is 5.91 Å². The summed E-state index contributed by atoms with van der Waals surface area (Å²) in [6.45, 7) is 0.335. The number of carbonyl (C=O) groups is 1. The average molecular weight is 266 g/mol. The second-order valence-corrected chi connectivity index (χ2v) is 4.17. The third kappa shape index (κ3) is 3.12. The van der Waals surface area contributed by atoms with Crippen LogP contribution in [-0.4, -0.2) is 17.4 Å². The van der Waals surface area contributed by atoms with Crippen LogP contribution in [0.3, 0.4) is 0 Å². The Bertz CT molecular complexity index is 634. The Morgan fingerprint density at radius 2 is 2.05 bits per heavy atom. The molecule has 100 valence electrons. The van der Waals surface area contributed by atoms with Crippen LogP contribution in [0.2, 0.25) is 0 Å². The second kappa shape index (κ2) is 6.34. The van der Waals surface area contributed by atoms with Gasteiger partial charge in [0, 0.05) is 24.0 Å². The third-order valence-electron chi connectivity index (χ3n) is 2.79. The van der Waals surface area contributed by atoms with E-state index >= 15 is 0 Å². The van der Waals surface area contributed by atoms with Gasteiger partial charge in [-0.3, -0.25) is 4.79 Å². The Morgan fingerprint density at radius 3 is 2.70 bits per heavy atom. The predicted octanol–water partition coefficient (Wildman–Crippen LogP) is 2.22. The summed E-state index contributed by atoms with van der Waals surface area (Å²) in [4.78, 5) is 18.0. The summed E-state index contributed by atoms with van der Waals surface area (Å²) >= 11 is 0. The van der Waals surface area contributed by atoms with Crippen LogP contribution in [0.1, 0.15) is 16.8 Å². The number of aromatic nitrogens is 1. The number of hydrogen-bond acceptors (Lipinski definition) is 4. The minimum Gasteiger partial charge on any atom is -0.384 e. The van der Waals surface area contributed by atoms with Gasteiger partial charge in [0.1, 0.15) is 5.82 Å². The first-order chi connectivity index (χ1) is 9.72. The average Bonchev–Trinajstić information content (AvgIpc) is 2.48. The van der Waals surface area contributed by atoms with Crippen molar-refractivity contribution >= 4 is 17.4 Å². The van der Waals surface area contributed by atoms with Crippen LogP contribution in [0.25, 0.3) is 0 Å². The smallest absolute Gasteiger partial charge is 0.258 e. The van der Waals surface area contributed by atoms with E-state index in [0.717, 1.165) is 5.69 Å². The molecule has 0 aliphatic carbocycles. The highest BCUT2D eigenvalue weighted by atomic mass is 16.2. The van der Waals surface area contributed by atoms with E-state index in [1.165, 1.54) is 12.3 Å². The first kappa shape index (κ1) is 13.6. The number of carbonyl (C=O) groups excluding carboxylic acids is 1. The Morgan fingerprint density at radius 1 is 1.30 bits per heavy atom. The van der Waals surface area contributed by atoms with Gasteiger partial charge in [0.2, 0.25) is 0 Å². The number of nitrogen functional groups attached to an aromatic ring is 1. The Labute approximate surface area is 117 Å². The number of amides is 1. The lowest BCUT2D eigenvalue weighted by Gasteiger charge is -2.21. The molecule has 0 aliphatic rings. The molecule has 0 bridgehead atoms. The lowest BCUT2D eigenvalue weighted by Crippen LogP contribution is -2.31. The monoisotopic (exact) mass is 266 g/mol. The van der Waals surface area contributed by atoms with Crippen molar-refractivity contribution in [3.05, 3.63) is 54.2 Å². The summed E-state index contributed by atoms with van der Waals surface area (Å²) in [6.07, 6.45) is 1.76. The Hall–Kier alpha value is -2.87. The molecule has 1 amide bonds. The summed E-state index contributed by atoms with van der Waals surface area (Å²) in [6, 6.07) is 14.4. The van der Waals surface area contributed by atoms with Crippen molar-refractivity contribution in [1.29, 1.82) is 5.26 Å². The van der Waals surface area contributed by atoms with Crippen molar-refractivity contribution < 1.29 is 4.79 Å². The zero-order valence-corrected chi connectivity index (χ0v) is 10.9. The number of para-hydroxylation sites is 1. The molecular formula is C15H14N4O. The standard InChI is InChI=1S/C15H14N4O/c16-8-4-10-19(13-5-2-1-3-6-13)15(20)12-7-9-18-14(17)11-12/h1-3,5-7,9,11H,4,10H2,(H2,17,18). The molecule has 0 saturated heterocycles. The SMILES string of the molecule is N#CCCN(C(=O)c1ccnc(N)c1)c1ccccc1. The predicted molar refractivity (Wildman–Crippen MR) is 77.0 cm³/mol. The van der Waals surface area contributed by atoms with Crippen LogP contribution in [0.15, 0.2) is 48.7 Å². The molecule has 0 fully saturated rings. The van der Waals surface area contributed by atoms with Crippen molar-refractivity contribution in [1.82, 2.24) is 4.98 Å². The lowest BCUT2D eigenvalue weighted by atomic mass is 10.2. The lowest BCUT2D eigenvalue weighted by molar-refractivity contribution is 0.0987. The highest BCUT2D eigenvalue weighted by molar-refractivity contribution is 6.06. The number of benzene rings is 1. The van der Waals surface area contributed by atoms with Gasteiger partial charge in [-0.25, -0.2) is 4.98 Å². The molecule has 1 heterocycles. The molecule has 5 nitrogen and oxygen atoms in total. The maximum atomic E-state index is 12.5. The zero-order chi connectivity index (χ0) is 14.4. The number of nitriles is 1. The molecule has 1 aromatic heterocycles. The van der Waals surface area contributed by atoms with Crippen LogP contribution in [0.4, 0.5) is 11.5 Å². The molecule has 0 saturated carbocycles. The zero-order valence-electron chi connectivity index (χ0n) is 10.9. The molecule has 2 rings (SSSR count). The van der Waals surface area contributed by atoms with Crippen molar-refractivity contribution in [2.45, 2.75) is 6.42 Å². The van der Waals surface area contributed by atoms with Gasteiger partial charge in [-0.05, 0) is 24.3 Å². The maximum Gasteiger partial charge on any atom is 0.258 e. The minimum atomic E-state index is -0.194. The Kier molecular flexibility index (Phi) is 4.30. The van der Waals surface area contributed by atoms with Crippen LogP contribution in [0.5, 0.6) is 0 Å². The van der Waals surface area contributed by atoms with Gasteiger partial charge in [-0.15, -0.1) is 0 Å². The molecule has 1 aromatic carbocycles. The topological polar surface area (TPSA) is 83.0 Å². The number of pyridine rings is 1. The molecule has 20 heavy (non-hydrogen) atoms. The summed E-state index contributed by atoms with van der Waals surface area (Å²) < 4.78 is 0. The molecule has 0 unspecified atom stereocenters. The number of hydrogen-bond donors (Lipinski definition) is 1. The third-order valence-corrected chi connectivity index (χ3v) is 2.79.